The summed E-state index contributed by atoms with van der Waals surface area (Å²) in [5, 5.41) is 5.81. The number of carbonyl (C=O) groups is 1. The number of thiophene rings is 1. The minimum Gasteiger partial charge on any atom is -0.495 e. The van der Waals surface area contributed by atoms with Crippen LogP contribution in [0, 0.1) is 13.8 Å². The van der Waals surface area contributed by atoms with Crippen LogP contribution in [0.4, 0.5) is 5.69 Å². The average molecular weight is 497 g/mol. The molecule has 1 amide bonds. The smallest absolute Gasteiger partial charge is 0.256 e. The Morgan fingerprint density at radius 1 is 1.06 bits per heavy atom. The van der Waals surface area contributed by atoms with Crippen LogP contribution in [0.5, 0.6) is 11.5 Å². The molecule has 0 aliphatic heterocycles. The molecule has 5 nitrogen and oxygen atoms in total. The van der Waals surface area contributed by atoms with Gasteiger partial charge >= 0.3 is 0 Å². The third-order valence-corrected chi connectivity index (χ3v) is 6.50. The summed E-state index contributed by atoms with van der Waals surface area (Å²) in [5.41, 5.74) is 4.80. The summed E-state index contributed by atoms with van der Waals surface area (Å²) in [7, 11) is 3.14. The van der Waals surface area contributed by atoms with Crippen LogP contribution in [0.25, 0.3) is 21.5 Å². The molecule has 4 aromatic rings. The number of ether oxygens (including phenoxy) is 2. The molecule has 0 fully saturated rings. The summed E-state index contributed by atoms with van der Waals surface area (Å²) >= 11 is 5.04. The molecule has 2 heterocycles. The number of anilines is 1. The number of nitrogens with zero attached hydrogens (tertiary/aromatic N) is 1. The van der Waals surface area contributed by atoms with Crippen molar-refractivity contribution in [2.45, 2.75) is 13.8 Å². The third-order valence-electron chi connectivity index (χ3n) is 4.99. The van der Waals surface area contributed by atoms with E-state index < -0.39 is 0 Å². The Balaban J connectivity index is 1.86. The van der Waals surface area contributed by atoms with Crippen molar-refractivity contribution in [3.63, 3.8) is 0 Å². The molecule has 4 rings (SSSR count). The van der Waals surface area contributed by atoms with Gasteiger partial charge in [-0.1, -0.05) is 17.7 Å². The van der Waals surface area contributed by atoms with Crippen LogP contribution in [-0.4, -0.2) is 25.1 Å². The molecule has 0 aliphatic rings. The topological polar surface area (TPSA) is 60.5 Å². The molecule has 0 spiro atoms. The van der Waals surface area contributed by atoms with E-state index in [2.05, 4.69) is 27.3 Å². The molecule has 0 radical (unpaired) electrons. The highest BCUT2D eigenvalue weighted by atomic mass is 79.9. The van der Waals surface area contributed by atoms with Crippen molar-refractivity contribution in [2.24, 2.45) is 0 Å². The van der Waals surface area contributed by atoms with Crippen LogP contribution in [0.1, 0.15) is 21.5 Å². The number of carbonyl (C=O) groups excluding carboxylic acids is 1. The van der Waals surface area contributed by atoms with Crippen LogP contribution in [0.15, 0.2) is 52.3 Å². The number of benzene rings is 2. The molecule has 1 N–H and O–H groups in total. The van der Waals surface area contributed by atoms with E-state index in [4.69, 9.17) is 14.5 Å². The molecule has 158 valence electrons. The number of methoxy groups -OCH3 is 2. The maximum atomic E-state index is 13.5. The Kier molecular flexibility index (Phi) is 5.98. The van der Waals surface area contributed by atoms with Gasteiger partial charge in [-0.25, -0.2) is 4.98 Å². The van der Waals surface area contributed by atoms with Crippen molar-refractivity contribution in [1.82, 2.24) is 4.98 Å². The lowest BCUT2D eigenvalue weighted by atomic mass is 10.0. The zero-order chi connectivity index (χ0) is 22.1. The van der Waals surface area contributed by atoms with Gasteiger partial charge in [-0.05, 0) is 58.9 Å². The summed E-state index contributed by atoms with van der Waals surface area (Å²) in [6.45, 7) is 4.04. The van der Waals surface area contributed by atoms with Crippen molar-refractivity contribution < 1.29 is 14.3 Å². The molecule has 0 aliphatic carbocycles. The van der Waals surface area contributed by atoms with Crippen LogP contribution >= 0.6 is 27.3 Å². The minimum atomic E-state index is -0.238. The van der Waals surface area contributed by atoms with Gasteiger partial charge in [0.15, 0.2) is 0 Å². The van der Waals surface area contributed by atoms with Crippen molar-refractivity contribution in [3.8, 4) is 22.1 Å². The molecule has 0 atom stereocenters. The number of fused-ring (bicyclic) bond motifs is 1. The quantitative estimate of drug-likeness (QED) is 0.337. The number of pyridine rings is 1. The third kappa shape index (κ3) is 4.16. The number of amides is 1. The maximum absolute atomic E-state index is 13.5. The molecule has 0 saturated heterocycles. The predicted molar refractivity (Wildman–Crippen MR) is 130 cm³/mol. The molecule has 0 unspecified atom stereocenters. The standard InChI is InChI=1S/C24H21BrN2O3S/c1-13-8-14(2)23-15(9-13)16(10-19(26-23)22-6-5-7-31-22)24(28)27-18-12-20(29-3)17(25)11-21(18)30-4/h5-12H,1-4H3,(H,27,28). The van der Waals surface area contributed by atoms with Gasteiger partial charge in [0, 0.05) is 17.5 Å². The average Bonchev–Trinajstić information content (AvgIpc) is 3.29. The zero-order valence-electron chi connectivity index (χ0n) is 17.6. The van der Waals surface area contributed by atoms with Gasteiger partial charge < -0.3 is 14.8 Å². The summed E-state index contributed by atoms with van der Waals surface area (Å²) in [4.78, 5) is 19.4. The van der Waals surface area contributed by atoms with Crippen LogP contribution in [-0.2, 0) is 0 Å². The second-order valence-corrected chi connectivity index (χ2v) is 8.95. The fourth-order valence-electron chi connectivity index (χ4n) is 3.57. The fraction of sp³-hybridized carbons (Fsp3) is 0.167. The number of aromatic nitrogens is 1. The number of aryl methyl sites for hydroxylation is 2. The molecule has 0 bridgehead atoms. The van der Waals surface area contributed by atoms with E-state index in [1.165, 1.54) is 0 Å². The summed E-state index contributed by atoms with van der Waals surface area (Å²) in [5.74, 6) is 0.893. The first-order valence-electron chi connectivity index (χ1n) is 9.60. The number of nitrogens with one attached hydrogen (secondary N) is 1. The lowest BCUT2D eigenvalue weighted by molar-refractivity contribution is 0.102. The fourth-order valence-corrected chi connectivity index (χ4v) is 4.74. The second kappa shape index (κ2) is 8.69. The van der Waals surface area contributed by atoms with Gasteiger partial charge in [0.05, 0.1) is 46.0 Å². The lowest BCUT2D eigenvalue weighted by Crippen LogP contribution is -2.14. The lowest BCUT2D eigenvalue weighted by Gasteiger charge is -2.15. The molecular formula is C24H21BrN2O3S. The number of hydrogen-bond donors (Lipinski definition) is 1. The first kappa shape index (κ1) is 21.3. The van der Waals surface area contributed by atoms with E-state index in [1.807, 2.05) is 43.5 Å². The zero-order valence-corrected chi connectivity index (χ0v) is 20.0. The number of hydrogen-bond acceptors (Lipinski definition) is 5. The Hall–Kier alpha value is -2.90. The Morgan fingerprint density at radius 2 is 1.84 bits per heavy atom. The van der Waals surface area contributed by atoms with Gasteiger partial charge in [-0.15, -0.1) is 11.3 Å². The van der Waals surface area contributed by atoms with Gasteiger partial charge in [-0.2, -0.15) is 0 Å². The van der Waals surface area contributed by atoms with E-state index in [9.17, 15) is 4.79 Å². The highest BCUT2D eigenvalue weighted by Crippen LogP contribution is 2.37. The van der Waals surface area contributed by atoms with E-state index in [1.54, 1.807) is 37.7 Å². The van der Waals surface area contributed by atoms with Crippen LogP contribution in [0.3, 0.4) is 0 Å². The highest BCUT2D eigenvalue weighted by Gasteiger charge is 2.19. The van der Waals surface area contributed by atoms with Gasteiger partial charge in [0.2, 0.25) is 0 Å². The van der Waals surface area contributed by atoms with Gasteiger partial charge in [0.25, 0.3) is 5.91 Å². The Labute approximate surface area is 193 Å². The molecular weight excluding hydrogens is 476 g/mol. The van der Waals surface area contributed by atoms with Crippen molar-refractivity contribution in [2.75, 3.05) is 19.5 Å². The largest absolute Gasteiger partial charge is 0.495 e. The van der Waals surface area contributed by atoms with Crippen molar-refractivity contribution in [3.05, 3.63) is 69.0 Å². The van der Waals surface area contributed by atoms with Crippen LogP contribution < -0.4 is 14.8 Å². The van der Waals surface area contributed by atoms with E-state index in [-0.39, 0.29) is 5.91 Å². The SMILES string of the molecule is COc1cc(NC(=O)c2cc(-c3cccs3)nc3c(C)cc(C)cc23)c(OC)cc1Br. The summed E-state index contributed by atoms with van der Waals surface area (Å²) in [6.07, 6.45) is 0. The number of halogens is 1. The monoisotopic (exact) mass is 496 g/mol. The highest BCUT2D eigenvalue weighted by molar-refractivity contribution is 9.10. The molecule has 2 aromatic heterocycles. The second-order valence-electron chi connectivity index (χ2n) is 7.15. The van der Waals surface area contributed by atoms with E-state index >= 15 is 0 Å². The molecule has 31 heavy (non-hydrogen) atoms. The Morgan fingerprint density at radius 3 is 2.52 bits per heavy atom. The maximum Gasteiger partial charge on any atom is 0.256 e. The molecule has 7 heteroatoms. The summed E-state index contributed by atoms with van der Waals surface area (Å²) < 4.78 is 11.6. The Bertz CT molecular complexity index is 1290. The first-order valence-corrected chi connectivity index (χ1v) is 11.3. The van der Waals surface area contributed by atoms with E-state index in [0.717, 1.165) is 37.1 Å². The summed E-state index contributed by atoms with van der Waals surface area (Å²) in [6, 6.07) is 13.4. The number of rotatable bonds is 5. The molecule has 0 saturated carbocycles. The van der Waals surface area contributed by atoms with Crippen LogP contribution in [0.2, 0.25) is 0 Å². The minimum absolute atomic E-state index is 0.238. The predicted octanol–water partition coefficient (Wildman–Crippen LogP) is 6.61. The van der Waals surface area contributed by atoms with Crippen molar-refractivity contribution >= 4 is 49.8 Å². The first-order chi connectivity index (χ1) is 14.9. The van der Waals surface area contributed by atoms with Gasteiger partial charge in [-0.3, -0.25) is 4.79 Å². The van der Waals surface area contributed by atoms with Crippen molar-refractivity contribution in [1.29, 1.82) is 0 Å². The molecule has 2 aromatic carbocycles. The van der Waals surface area contributed by atoms with E-state index in [0.29, 0.717) is 22.7 Å². The van der Waals surface area contributed by atoms with Gasteiger partial charge in [0.1, 0.15) is 11.5 Å². The normalized spacial score (nSPS) is 10.9.